The Balaban J connectivity index is 2.27. The van der Waals surface area contributed by atoms with Gasteiger partial charge < -0.3 is 4.98 Å². The van der Waals surface area contributed by atoms with Gasteiger partial charge >= 0.3 is 0 Å². The van der Waals surface area contributed by atoms with Gasteiger partial charge in [0.1, 0.15) is 5.82 Å². The largest absolute Gasteiger partial charge is 0.347 e. The van der Waals surface area contributed by atoms with E-state index in [-0.39, 0.29) is 11.4 Å². The normalized spacial score (nSPS) is 11.4. The van der Waals surface area contributed by atoms with Crippen molar-refractivity contribution in [1.29, 1.82) is 0 Å². The summed E-state index contributed by atoms with van der Waals surface area (Å²) in [4.78, 5) is 16.3. The van der Waals surface area contributed by atoms with Gasteiger partial charge in [-0.2, -0.15) is 0 Å². The molecule has 2 rings (SSSR count). The highest BCUT2D eigenvalue weighted by molar-refractivity contribution is 7.89. The lowest BCUT2D eigenvalue weighted by Gasteiger charge is -2.05. The number of nitrogens with zero attached hydrogens (tertiary/aromatic N) is 2. The minimum absolute atomic E-state index is 0.0681. The van der Waals surface area contributed by atoms with Crippen LogP contribution >= 0.6 is 0 Å². The van der Waals surface area contributed by atoms with Crippen LogP contribution in [0.15, 0.2) is 41.6 Å². The number of imidazole rings is 1. The summed E-state index contributed by atoms with van der Waals surface area (Å²) in [5.41, 5.74) is -0.463. The standard InChI is InChI=1S/C10H10N4O4S/c15-14(16)8-3-1-2-4-9(8)19(17,18)13-7-10-11-5-6-12-10/h1-6,13H,7H2,(H,11,12). The van der Waals surface area contributed by atoms with E-state index < -0.39 is 20.6 Å². The molecule has 0 saturated carbocycles. The third-order valence-corrected chi connectivity index (χ3v) is 3.78. The fourth-order valence-electron chi connectivity index (χ4n) is 1.47. The van der Waals surface area contributed by atoms with Gasteiger partial charge in [0.25, 0.3) is 5.69 Å². The molecule has 2 N–H and O–H groups in total. The Morgan fingerprint density at radius 3 is 2.74 bits per heavy atom. The number of benzene rings is 1. The van der Waals surface area contributed by atoms with Crippen LogP contribution in [-0.2, 0) is 16.6 Å². The minimum Gasteiger partial charge on any atom is -0.347 e. The van der Waals surface area contributed by atoms with Gasteiger partial charge in [0.15, 0.2) is 4.90 Å². The van der Waals surface area contributed by atoms with E-state index in [4.69, 9.17) is 0 Å². The van der Waals surface area contributed by atoms with Crippen LogP contribution in [0.5, 0.6) is 0 Å². The first-order valence-electron chi connectivity index (χ1n) is 5.22. The van der Waals surface area contributed by atoms with Crippen LogP contribution in [0.25, 0.3) is 0 Å². The number of nitro benzene ring substituents is 1. The molecule has 0 aliphatic heterocycles. The van der Waals surface area contributed by atoms with Gasteiger partial charge in [-0.1, -0.05) is 12.1 Å². The molecule has 1 aromatic carbocycles. The summed E-state index contributed by atoms with van der Waals surface area (Å²) < 4.78 is 26.2. The molecule has 19 heavy (non-hydrogen) atoms. The van der Waals surface area contributed by atoms with E-state index in [0.29, 0.717) is 5.82 Å². The molecule has 2 aromatic rings. The highest BCUT2D eigenvalue weighted by Gasteiger charge is 2.24. The van der Waals surface area contributed by atoms with E-state index in [2.05, 4.69) is 14.7 Å². The third-order valence-electron chi connectivity index (χ3n) is 2.34. The van der Waals surface area contributed by atoms with Crippen LogP contribution < -0.4 is 4.72 Å². The Morgan fingerprint density at radius 1 is 1.37 bits per heavy atom. The van der Waals surface area contributed by atoms with Crippen molar-refractivity contribution in [1.82, 2.24) is 14.7 Å². The molecule has 100 valence electrons. The molecule has 1 heterocycles. The van der Waals surface area contributed by atoms with E-state index in [0.717, 1.165) is 6.07 Å². The SMILES string of the molecule is O=[N+]([O-])c1ccccc1S(=O)(=O)NCc1ncc[nH]1. The number of sulfonamides is 1. The second-order valence-electron chi connectivity index (χ2n) is 3.59. The monoisotopic (exact) mass is 282 g/mol. The summed E-state index contributed by atoms with van der Waals surface area (Å²) in [7, 11) is -3.96. The van der Waals surface area contributed by atoms with E-state index in [9.17, 15) is 18.5 Å². The number of aromatic nitrogens is 2. The summed E-state index contributed by atoms with van der Waals surface area (Å²) in [6.07, 6.45) is 3.03. The number of hydrogen-bond acceptors (Lipinski definition) is 5. The summed E-state index contributed by atoms with van der Waals surface area (Å²) in [6, 6.07) is 5.15. The Hall–Kier alpha value is -2.26. The van der Waals surface area contributed by atoms with Crippen molar-refractivity contribution in [3.05, 3.63) is 52.6 Å². The lowest BCUT2D eigenvalue weighted by molar-refractivity contribution is -0.387. The van der Waals surface area contributed by atoms with E-state index in [1.54, 1.807) is 6.20 Å². The summed E-state index contributed by atoms with van der Waals surface area (Å²) >= 11 is 0. The number of rotatable bonds is 5. The van der Waals surface area contributed by atoms with Gasteiger partial charge in [-0.05, 0) is 6.07 Å². The highest BCUT2D eigenvalue weighted by atomic mass is 32.2. The summed E-state index contributed by atoms with van der Waals surface area (Å²) in [6.45, 7) is -0.0681. The molecule has 0 spiro atoms. The average Bonchev–Trinajstić information content (AvgIpc) is 2.89. The molecule has 8 nitrogen and oxygen atoms in total. The molecule has 0 fully saturated rings. The van der Waals surface area contributed by atoms with Crippen LogP contribution in [0.4, 0.5) is 5.69 Å². The van der Waals surface area contributed by atoms with Gasteiger partial charge in [-0.15, -0.1) is 0 Å². The Bertz CT molecular complexity index is 681. The minimum atomic E-state index is -3.96. The average molecular weight is 282 g/mol. The molecular weight excluding hydrogens is 272 g/mol. The number of nitrogens with one attached hydrogen (secondary N) is 2. The molecule has 0 radical (unpaired) electrons. The van der Waals surface area contributed by atoms with Crippen molar-refractivity contribution >= 4 is 15.7 Å². The molecule has 0 atom stereocenters. The topological polar surface area (TPSA) is 118 Å². The van der Waals surface area contributed by atoms with Crippen molar-refractivity contribution in [2.45, 2.75) is 11.4 Å². The van der Waals surface area contributed by atoms with E-state index in [1.807, 2.05) is 0 Å². The quantitative estimate of drug-likeness (QED) is 0.621. The highest BCUT2D eigenvalue weighted by Crippen LogP contribution is 2.22. The lowest BCUT2D eigenvalue weighted by atomic mass is 10.3. The van der Waals surface area contributed by atoms with Crippen LogP contribution in [0.1, 0.15) is 5.82 Å². The van der Waals surface area contributed by atoms with Gasteiger partial charge in [0.2, 0.25) is 10.0 Å². The number of para-hydroxylation sites is 1. The number of nitro groups is 1. The maximum absolute atomic E-state index is 12.0. The fraction of sp³-hybridized carbons (Fsp3) is 0.100. The van der Waals surface area contributed by atoms with Gasteiger partial charge in [0, 0.05) is 18.5 Å². The zero-order valence-electron chi connectivity index (χ0n) is 9.61. The lowest BCUT2D eigenvalue weighted by Crippen LogP contribution is -2.24. The Kier molecular flexibility index (Phi) is 3.58. The number of H-pyrrole nitrogens is 1. The third kappa shape index (κ3) is 2.95. The maximum Gasteiger partial charge on any atom is 0.289 e. The number of hydrogen-bond donors (Lipinski definition) is 2. The first kappa shape index (κ1) is 13.2. The maximum atomic E-state index is 12.0. The molecule has 0 unspecified atom stereocenters. The van der Waals surface area contributed by atoms with Gasteiger partial charge in [-0.25, -0.2) is 18.1 Å². The first-order chi connectivity index (χ1) is 9.00. The van der Waals surface area contributed by atoms with Crippen molar-refractivity contribution < 1.29 is 13.3 Å². The van der Waals surface area contributed by atoms with Crippen molar-refractivity contribution in [2.75, 3.05) is 0 Å². The van der Waals surface area contributed by atoms with Crippen LogP contribution in [0.3, 0.4) is 0 Å². The Morgan fingerprint density at radius 2 is 2.11 bits per heavy atom. The zero-order chi connectivity index (χ0) is 13.9. The predicted molar refractivity (Wildman–Crippen MR) is 65.7 cm³/mol. The molecule has 0 bridgehead atoms. The molecule has 9 heteroatoms. The van der Waals surface area contributed by atoms with Crippen LogP contribution in [0.2, 0.25) is 0 Å². The predicted octanol–water partition coefficient (Wildman–Crippen LogP) is 0.796. The van der Waals surface area contributed by atoms with E-state index in [1.165, 1.54) is 24.4 Å². The number of aromatic amines is 1. The molecular formula is C10H10N4O4S. The summed E-state index contributed by atoms with van der Waals surface area (Å²) in [5.74, 6) is 0.419. The van der Waals surface area contributed by atoms with Crippen molar-refractivity contribution in [3.63, 3.8) is 0 Å². The van der Waals surface area contributed by atoms with E-state index >= 15 is 0 Å². The summed E-state index contributed by atoms with van der Waals surface area (Å²) in [5, 5.41) is 10.8. The second kappa shape index (κ2) is 5.16. The van der Waals surface area contributed by atoms with Gasteiger partial charge in [0.05, 0.1) is 11.5 Å². The molecule has 1 aromatic heterocycles. The smallest absolute Gasteiger partial charge is 0.289 e. The van der Waals surface area contributed by atoms with Crippen LogP contribution in [-0.4, -0.2) is 23.3 Å². The molecule has 0 amide bonds. The zero-order valence-corrected chi connectivity index (χ0v) is 10.4. The Labute approximate surface area is 108 Å². The second-order valence-corrected chi connectivity index (χ2v) is 5.32. The van der Waals surface area contributed by atoms with Crippen molar-refractivity contribution in [3.8, 4) is 0 Å². The molecule has 0 saturated heterocycles. The molecule has 0 aliphatic carbocycles. The van der Waals surface area contributed by atoms with Crippen LogP contribution in [0, 0.1) is 10.1 Å². The van der Waals surface area contributed by atoms with Crippen molar-refractivity contribution in [2.24, 2.45) is 0 Å². The van der Waals surface area contributed by atoms with Gasteiger partial charge in [-0.3, -0.25) is 10.1 Å². The molecule has 0 aliphatic rings. The fourth-order valence-corrected chi connectivity index (χ4v) is 2.63. The first-order valence-corrected chi connectivity index (χ1v) is 6.70.